The third-order valence-corrected chi connectivity index (χ3v) is 6.04. The molecule has 9 heteroatoms. The van der Waals surface area contributed by atoms with Crippen LogP contribution in [0.3, 0.4) is 0 Å². The molecule has 35 heavy (non-hydrogen) atoms. The first kappa shape index (κ1) is 22.2. The van der Waals surface area contributed by atoms with Crippen LogP contribution in [-0.4, -0.2) is 30.8 Å². The quantitative estimate of drug-likeness (QED) is 0.377. The number of thiazole rings is 1. The number of carbonyl (C=O) groups excluding carboxylic acids is 1. The van der Waals surface area contributed by atoms with E-state index in [2.05, 4.69) is 20.4 Å². The monoisotopic (exact) mass is 481 g/mol. The van der Waals surface area contributed by atoms with Gasteiger partial charge in [0.05, 0.1) is 17.1 Å². The van der Waals surface area contributed by atoms with E-state index in [0.29, 0.717) is 11.4 Å². The molecule has 0 saturated heterocycles. The van der Waals surface area contributed by atoms with Gasteiger partial charge in [-0.25, -0.2) is 4.98 Å². The fourth-order valence-electron chi connectivity index (χ4n) is 3.51. The molecular weight excluding hydrogens is 462 g/mol. The number of aromatic nitrogens is 4. The van der Waals surface area contributed by atoms with Crippen molar-refractivity contribution in [3.8, 4) is 33.4 Å². The predicted molar refractivity (Wildman–Crippen MR) is 135 cm³/mol. The van der Waals surface area contributed by atoms with E-state index in [1.54, 1.807) is 42.6 Å². The molecule has 0 fully saturated rings. The number of rotatable bonds is 5. The molecule has 0 atom stereocenters. The Hall–Kier alpha value is -4.63. The van der Waals surface area contributed by atoms with Crippen LogP contribution in [0.4, 0.5) is 5.69 Å². The number of anilines is 1. The number of nitrogens with zero attached hydrogens (tertiary/aromatic N) is 4. The second-order valence-corrected chi connectivity index (χ2v) is 8.61. The van der Waals surface area contributed by atoms with Crippen LogP contribution in [0.2, 0.25) is 0 Å². The summed E-state index contributed by atoms with van der Waals surface area (Å²) in [6.07, 6.45) is 1.72. The summed E-state index contributed by atoms with van der Waals surface area (Å²) in [5, 5.41) is 19.8. The molecule has 0 unspecified atom stereocenters. The summed E-state index contributed by atoms with van der Waals surface area (Å²) < 4.78 is 1.09. The molecule has 5 rings (SSSR count). The average Bonchev–Trinajstić information content (AvgIpc) is 3.35. The molecule has 0 aliphatic carbocycles. The molecule has 0 aliphatic rings. The molecule has 3 aromatic heterocycles. The highest BCUT2D eigenvalue weighted by atomic mass is 32.1. The summed E-state index contributed by atoms with van der Waals surface area (Å²) in [7, 11) is 0. The lowest BCUT2D eigenvalue weighted by Gasteiger charge is -2.10. The Labute approximate surface area is 204 Å². The van der Waals surface area contributed by atoms with Crippen molar-refractivity contribution in [2.24, 2.45) is 0 Å². The second-order valence-electron chi connectivity index (χ2n) is 7.76. The Balaban J connectivity index is 1.41. The van der Waals surface area contributed by atoms with Crippen molar-refractivity contribution in [3.05, 3.63) is 106 Å². The standard InChI is InChI=1S/C26H19N5O3S/c1-16-6-4-9-19(12-16)31-23(33)14-22(32)24(30-31)25(34)28-18-8-5-7-17(13-18)21-15-35-26(29-21)20-10-2-3-11-27-20/h2-15,32H,1H3,(H,28,34). The highest BCUT2D eigenvalue weighted by Gasteiger charge is 2.18. The molecule has 172 valence electrons. The molecule has 1 amide bonds. The maximum atomic E-state index is 13.0. The van der Waals surface area contributed by atoms with Gasteiger partial charge in [-0.15, -0.1) is 11.3 Å². The smallest absolute Gasteiger partial charge is 0.279 e. The topological polar surface area (TPSA) is 110 Å². The Morgan fingerprint density at radius 2 is 1.86 bits per heavy atom. The Morgan fingerprint density at radius 3 is 2.66 bits per heavy atom. The molecule has 0 aliphatic heterocycles. The van der Waals surface area contributed by atoms with E-state index in [9.17, 15) is 14.7 Å². The summed E-state index contributed by atoms with van der Waals surface area (Å²) in [6, 6.07) is 21.0. The highest BCUT2D eigenvalue weighted by molar-refractivity contribution is 7.13. The largest absolute Gasteiger partial charge is 0.505 e. The Morgan fingerprint density at radius 1 is 1.00 bits per heavy atom. The third-order valence-electron chi connectivity index (χ3n) is 5.18. The molecule has 0 saturated carbocycles. The number of carbonyl (C=O) groups is 1. The summed E-state index contributed by atoms with van der Waals surface area (Å²) in [4.78, 5) is 34.3. The lowest BCUT2D eigenvalue weighted by molar-refractivity contribution is 0.101. The third kappa shape index (κ3) is 4.71. The van der Waals surface area contributed by atoms with Gasteiger partial charge in [0, 0.05) is 28.9 Å². The van der Waals surface area contributed by atoms with Crippen molar-refractivity contribution in [3.63, 3.8) is 0 Å². The first-order valence-corrected chi connectivity index (χ1v) is 11.5. The van der Waals surface area contributed by atoms with E-state index in [-0.39, 0.29) is 5.69 Å². The minimum absolute atomic E-state index is 0.261. The van der Waals surface area contributed by atoms with Crippen LogP contribution in [0.1, 0.15) is 16.1 Å². The van der Waals surface area contributed by atoms with Crippen LogP contribution in [-0.2, 0) is 0 Å². The van der Waals surface area contributed by atoms with Crippen LogP contribution < -0.4 is 10.9 Å². The van der Waals surface area contributed by atoms with E-state index in [0.717, 1.165) is 38.3 Å². The number of aromatic hydroxyl groups is 1. The van der Waals surface area contributed by atoms with Gasteiger partial charge in [-0.1, -0.05) is 30.3 Å². The molecule has 0 bridgehead atoms. The van der Waals surface area contributed by atoms with E-state index < -0.39 is 17.2 Å². The lowest BCUT2D eigenvalue weighted by Crippen LogP contribution is -2.25. The number of pyridine rings is 1. The number of nitrogens with one attached hydrogen (secondary N) is 1. The zero-order valence-electron chi connectivity index (χ0n) is 18.5. The van der Waals surface area contributed by atoms with E-state index >= 15 is 0 Å². The van der Waals surface area contributed by atoms with E-state index in [1.165, 1.54) is 11.3 Å². The second kappa shape index (κ2) is 9.32. The van der Waals surface area contributed by atoms with Gasteiger partial charge in [0.15, 0.2) is 11.4 Å². The van der Waals surface area contributed by atoms with Crippen LogP contribution in [0.5, 0.6) is 5.75 Å². The summed E-state index contributed by atoms with van der Waals surface area (Å²) >= 11 is 1.48. The van der Waals surface area contributed by atoms with Gasteiger partial charge in [0.25, 0.3) is 11.5 Å². The van der Waals surface area contributed by atoms with Gasteiger partial charge in [-0.2, -0.15) is 9.78 Å². The van der Waals surface area contributed by atoms with Gasteiger partial charge >= 0.3 is 0 Å². The zero-order valence-corrected chi connectivity index (χ0v) is 19.4. The number of aryl methyl sites for hydroxylation is 1. The van der Waals surface area contributed by atoms with Crippen LogP contribution >= 0.6 is 11.3 Å². The van der Waals surface area contributed by atoms with Crippen molar-refractivity contribution in [1.82, 2.24) is 19.7 Å². The maximum Gasteiger partial charge on any atom is 0.279 e. The normalized spacial score (nSPS) is 10.8. The van der Waals surface area contributed by atoms with Crippen LogP contribution in [0.15, 0.2) is 89.2 Å². The fraction of sp³-hybridized carbons (Fsp3) is 0.0385. The number of hydrogen-bond donors (Lipinski definition) is 2. The van der Waals surface area contributed by atoms with Crippen molar-refractivity contribution < 1.29 is 9.90 Å². The van der Waals surface area contributed by atoms with Crippen LogP contribution in [0.25, 0.3) is 27.6 Å². The maximum absolute atomic E-state index is 13.0. The molecule has 2 aromatic carbocycles. The molecule has 3 heterocycles. The molecule has 8 nitrogen and oxygen atoms in total. The van der Waals surface area contributed by atoms with Crippen LogP contribution in [0, 0.1) is 6.92 Å². The zero-order chi connectivity index (χ0) is 24.4. The minimum atomic E-state index is -0.645. The van der Waals surface area contributed by atoms with Gasteiger partial charge in [0.1, 0.15) is 5.01 Å². The average molecular weight is 482 g/mol. The number of benzene rings is 2. The molecule has 0 radical (unpaired) electrons. The molecule has 2 N–H and O–H groups in total. The Kier molecular flexibility index (Phi) is 5.90. The van der Waals surface area contributed by atoms with Crippen molar-refractivity contribution >= 4 is 22.9 Å². The van der Waals surface area contributed by atoms with Crippen molar-refractivity contribution in [2.45, 2.75) is 6.92 Å². The molecule has 0 spiro atoms. The summed E-state index contributed by atoms with van der Waals surface area (Å²) in [5.74, 6) is -1.14. The van der Waals surface area contributed by atoms with Gasteiger partial charge in [-0.3, -0.25) is 14.6 Å². The fourth-order valence-corrected chi connectivity index (χ4v) is 4.32. The van der Waals surface area contributed by atoms with Crippen molar-refractivity contribution in [2.75, 3.05) is 5.32 Å². The molecule has 5 aromatic rings. The van der Waals surface area contributed by atoms with Gasteiger partial charge in [0.2, 0.25) is 0 Å². The first-order valence-electron chi connectivity index (χ1n) is 10.7. The first-order chi connectivity index (χ1) is 17.0. The Bertz CT molecular complexity index is 1590. The summed E-state index contributed by atoms with van der Waals surface area (Å²) in [5.41, 5.74) is 3.47. The van der Waals surface area contributed by atoms with Gasteiger partial charge in [-0.05, 0) is 48.9 Å². The van der Waals surface area contributed by atoms with Crippen molar-refractivity contribution in [1.29, 1.82) is 0 Å². The molecular formula is C26H19N5O3S. The SMILES string of the molecule is Cc1cccc(-n2nc(C(=O)Nc3cccc(-c4csc(-c5ccccn5)n4)c3)c(O)cc2=O)c1. The summed E-state index contributed by atoms with van der Waals surface area (Å²) in [6.45, 7) is 1.89. The number of amides is 1. The van der Waals surface area contributed by atoms with E-state index in [4.69, 9.17) is 0 Å². The van der Waals surface area contributed by atoms with E-state index in [1.807, 2.05) is 42.6 Å². The predicted octanol–water partition coefficient (Wildman–Crippen LogP) is 4.68. The highest BCUT2D eigenvalue weighted by Crippen LogP contribution is 2.29. The number of hydrogen-bond acceptors (Lipinski definition) is 7. The van der Waals surface area contributed by atoms with Gasteiger partial charge < -0.3 is 10.4 Å². The lowest BCUT2D eigenvalue weighted by atomic mass is 10.1. The minimum Gasteiger partial charge on any atom is -0.505 e.